The van der Waals surface area contributed by atoms with Gasteiger partial charge in [0.25, 0.3) is 0 Å². The van der Waals surface area contributed by atoms with Crippen molar-refractivity contribution in [2.24, 2.45) is 0 Å². The number of ether oxygens (including phenoxy) is 1. The highest BCUT2D eigenvalue weighted by molar-refractivity contribution is 5.77. The van der Waals surface area contributed by atoms with Crippen molar-refractivity contribution in [1.82, 2.24) is 0 Å². The van der Waals surface area contributed by atoms with Crippen molar-refractivity contribution in [2.45, 2.75) is 52.4 Å². The summed E-state index contributed by atoms with van der Waals surface area (Å²) in [5, 5.41) is 3.51. The summed E-state index contributed by atoms with van der Waals surface area (Å²) in [6.07, 6.45) is 0. The zero-order valence-corrected chi connectivity index (χ0v) is 14.4. The molecule has 1 aliphatic heterocycles. The van der Waals surface area contributed by atoms with Gasteiger partial charge in [0.15, 0.2) is 11.5 Å². The van der Waals surface area contributed by atoms with Gasteiger partial charge in [-0.15, -0.1) is 0 Å². The van der Waals surface area contributed by atoms with Gasteiger partial charge in [0.05, 0.1) is 11.4 Å². The Hall–Kier alpha value is -1.96. The number of rotatable bonds is 0. The highest BCUT2D eigenvalue weighted by Crippen LogP contribution is 2.47. The molecule has 0 bridgehead atoms. The number of nitrogens with one attached hydrogen (secondary N) is 1. The maximum absolute atomic E-state index is 6.31. The van der Waals surface area contributed by atoms with E-state index < -0.39 is 0 Å². The van der Waals surface area contributed by atoms with E-state index in [0.29, 0.717) is 0 Å². The number of hydrogen-bond acceptors (Lipinski definition) is 2. The maximum Gasteiger partial charge on any atom is 0.154 e. The van der Waals surface area contributed by atoms with Crippen LogP contribution in [0.4, 0.5) is 11.4 Å². The number of hydrogen-bond donors (Lipinski definition) is 1. The molecule has 1 heterocycles. The fourth-order valence-corrected chi connectivity index (χ4v) is 2.77. The Kier molecular flexibility index (Phi) is 3.24. The van der Waals surface area contributed by atoms with E-state index in [1.807, 2.05) is 0 Å². The number of fused-ring (bicyclic) bond motifs is 2. The summed E-state index contributed by atoms with van der Waals surface area (Å²) in [7, 11) is 0. The largest absolute Gasteiger partial charge is 0.453 e. The van der Waals surface area contributed by atoms with Crippen molar-refractivity contribution >= 4 is 11.4 Å². The molecule has 0 atom stereocenters. The molecular formula is C20H25NO. The van der Waals surface area contributed by atoms with Crippen molar-refractivity contribution in [1.29, 1.82) is 0 Å². The van der Waals surface area contributed by atoms with E-state index in [1.54, 1.807) is 0 Å². The first-order valence-corrected chi connectivity index (χ1v) is 7.89. The standard InChI is InChI=1S/C20H25NO/c1-19(2,3)13-10-11-15-17(12-13)22-18-14(20(4,5)6)8-7-9-16(18)21-15/h7-12,21H,1-6H3. The maximum atomic E-state index is 6.31. The van der Waals surface area contributed by atoms with Crippen molar-refractivity contribution < 1.29 is 4.74 Å². The highest BCUT2D eigenvalue weighted by atomic mass is 16.5. The second-order valence-corrected chi connectivity index (χ2v) is 8.12. The molecule has 2 aromatic carbocycles. The lowest BCUT2D eigenvalue weighted by Gasteiger charge is -2.30. The lowest BCUT2D eigenvalue weighted by Crippen LogP contribution is -2.16. The Morgan fingerprint density at radius 2 is 1.55 bits per heavy atom. The third-order valence-corrected chi connectivity index (χ3v) is 4.15. The number of anilines is 2. The van der Waals surface area contributed by atoms with E-state index in [-0.39, 0.29) is 10.8 Å². The zero-order valence-electron chi connectivity index (χ0n) is 14.4. The van der Waals surface area contributed by atoms with E-state index in [4.69, 9.17) is 4.74 Å². The first-order chi connectivity index (χ1) is 10.2. The fraction of sp³-hybridized carbons (Fsp3) is 0.400. The van der Waals surface area contributed by atoms with Crippen LogP contribution in [0.15, 0.2) is 36.4 Å². The SMILES string of the molecule is CC(C)(C)c1ccc2c(c1)Oc1c(cccc1C(C)(C)C)N2. The Bertz CT molecular complexity index is 717. The van der Waals surface area contributed by atoms with Crippen molar-refractivity contribution in [3.05, 3.63) is 47.5 Å². The molecule has 116 valence electrons. The van der Waals surface area contributed by atoms with Crippen molar-refractivity contribution in [2.75, 3.05) is 5.32 Å². The summed E-state index contributed by atoms with van der Waals surface area (Å²) < 4.78 is 6.31. The van der Waals surface area contributed by atoms with Gasteiger partial charge in [0.2, 0.25) is 0 Å². The number of para-hydroxylation sites is 1. The Labute approximate surface area is 133 Å². The predicted octanol–water partition coefficient (Wildman–Crippen LogP) is 6.13. The molecule has 0 unspecified atom stereocenters. The number of benzene rings is 2. The lowest BCUT2D eigenvalue weighted by atomic mass is 9.85. The Balaban J connectivity index is 2.08. The molecule has 1 N–H and O–H groups in total. The Morgan fingerprint density at radius 1 is 0.818 bits per heavy atom. The molecule has 0 fully saturated rings. The molecule has 2 aromatic rings. The van der Waals surface area contributed by atoms with Crippen molar-refractivity contribution in [3.63, 3.8) is 0 Å². The average molecular weight is 295 g/mol. The molecule has 22 heavy (non-hydrogen) atoms. The van der Waals surface area contributed by atoms with Crippen LogP contribution in [0.25, 0.3) is 0 Å². The highest BCUT2D eigenvalue weighted by Gasteiger charge is 2.26. The van der Waals surface area contributed by atoms with Gasteiger partial charge in [0, 0.05) is 5.56 Å². The van der Waals surface area contributed by atoms with E-state index in [0.717, 1.165) is 22.9 Å². The quantitative estimate of drug-likeness (QED) is 0.538. The van der Waals surface area contributed by atoms with Crippen LogP contribution in [-0.2, 0) is 10.8 Å². The molecular weight excluding hydrogens is 270 g/mol. The van der Waals surface area contributed by atoms with Gasteiger partial charge < -0.3 is 10.1 Å². The van der Waals surface area contributed by atoms with Crippen molar-refractivity contribution in [3.8, 4) is 11.5 Å². The van der Waals surface area contributed by atoms with Crippen LogP contribution in [0, 0.1) is 0 Å². The molecule has 0 saturated carbocycles. The topological polar surface area (TPSA) is 21.3 Å². The average Bonchev–Trinajstić information content (AvgIpc) is 2.41. The molecule has 0 spiro atoms. The van der Waals surface area contributed by atoms with E-state index >= 15 is 0 Å². The van der Waals surface area contributed by atoms with Crippen LogP contribution in [0.3, 0.4) is 0 Å². The minimum Gasteiger partial charge on any atom is -0.453 e. The predicted molar refractivity (Wildman–Crippen MR) is 93.6 cm³/mol. The normalized spacial score (nSPS) is 13.7. The molecule has 1 aliphatic rings. The van der Waals surface area contributed by atoms with Gasteiger partial charge in [0.1, 0.15) is 0 Å². The summed E-state index contributed by atoms with van der Waals surface area (Å²) in [4.78, 5) is 0. The molecule has 0 aliphatic carbocycles. The summed E-state index contributed by atoms with van der Waals surface area (Å²) in [5.74, 6) is 1.87. The molecule has 2 heteroatoms. The molecule has 2 nitrogen and oxygen atoms in total. The van der Waals surface area contributed by atoms with E-state index in [2.05, 4.69) is 83.3 Å². The van der Waals surface area contributed by atoms with Gasteiger partial charge in [-0.2, -0.15) is 0 Å². The second-order valence-electron chi connectivity index (χ2n) is 8.12. The van der Waals surface area contributed by atoms with Crippen LogP contribution in [0.5, 0.6) is 11.5 Å². The fourth-order valence-electron chi connectivity index (χ4n) is 2.77. The minimum absolute atomic E-state index is 0.0478. The minimum atomic E-state index is 0.0478. The van der Waals surface area contributed by atoms with Crippen LogP contribution < -0.4 is 10.1 Å². The van der Waals surface area contributed by atoms with Crippen LogP contribution in [0.2, 0.25) is 0 Å². The first-order valence-electron chi connectivity index (χ1n) is 7.89. The van der Waals surface area contributed by atoms with E-state index in [1.165, 1.54) is 11.1 Å². The van der Waals surface area contributed by atoms with E-state index in [9.17, 15) is 0 Å². The first kappa shape index (κ1) is 15.0. The van der Waals surface area contributed by atoms with Crippen LogP contribution in [0.1, 0.15) is 52.7 Å². The van der Waals surface area contributed by atoms with Gasteiger partial charge in [-0.05, 0) is 34.6 Å². The molecule has 3 rings (SSSR count). The third-order valence-electron chi connectivity index (χ3n) is 4.15. The van der Waals surface area contributed by atoms with Gasteiger partial charge in [-0.1, -0.05) is 59.7 Å². The molecule has 0 radical (unpaired) electrons. The third kappa shape index (κ3) is 2.58. The smallest absolute Gasteiger partial charge is 0.154 e. The van der Waals surface area contributed by atoms with Gasteiger partial charge in [-0.3, -0.25) is 0 Å². The summed E-state index contributed by atoms with van der Waals surface area (Å²) in [6, 6.07) is 12.8. The molecule has 0 amide bonds. The Morgan fingerprint density at radius 3 is 2.18 bits per heavy atom. The monoisotopic (exact) mass is 295 g/mol. The van der Waals surface area contributed by atoms with Crippen LogP contribution in [-0.4, -0.2) is 0 Å². The molecule has 0 saturated heterocycles. The summed E-state index contributed by atoms with van der Waals surface area (Å²) in [6.45, 7) is 13.3. The second kappa shape index (κ2) is 4.77. The van der Waals surface area contributed by atoms with Gasteiger partial charge in [-0.25, -0.2) is 0 Å². The summed E-state index contributed by atoms with van der Waals surface area (Å²) >= 11 is 0. The molecule has 0 aromatic heterocycles. The van der Waals surface area contributed by atoms with Gasteiger partial charge >= 0.3 is 0 Å². The summed E-state index contributed by atoms with van der Waals surface area (Å²) in [5.41, 5.74) is 4.75. The lowest BCUT2D eigenvalue weighted by molar-refractivity contribution is 0.451. The zero-order chi connectivity index (χ0) is 16.1. The van der Waals surface area contributed by atoms with Crippen LogP contribution >= 0.6 is 0 Å².